The van der Waals surface area contributed by atoms with Gasteiger partial charge in [0.15, 0.2) is 0 Å². The Hall–Kier alpha value is -1.80. The molecule has 136 valence electrons. The molecule has 0 atom stereocenters. The van der Waals surface area contributed by atoms with Crippen molar-refractivity contribution in [3.05, 3.63) is 0 Å². The molecule has 2 aliphatic heterocycles. The van der Waals surface area contributed by atoms with Crippen LogP contribution in [0, 0.1) is 5.92 Å². The maximum Gasteiger partial charge on any atom is 0.471 e. The average molecular weight is 349 g/mol. The Morgan fingerprint density at radius 1 is 0.875 bits per heavy atom. The van der Waals surface area contributed by atoms with E-state index in [1.54, 1.807) is 16.7 Å². The molecule has 2 saturated heterocycles. The average Bonchev–Trinajstić information content (AvgIpc) is 2.59. The van der Waals surface area contributed by atoms with E-state index in [4.69, 9.17) is 0 Å². The van der Waals surface area contributed by atoms with E-state index < -0.39 is 12.1 Å². The van der Waals surface area contributed by atoms with Crippen molar-refractivity contribution < 1.29 is 27.6 Å². The van der Waals surface area contributed by atoms with Gasteiger partial charge in [-0.2, -0.15) is 13.2 Å². The molecule has 0 aliphatic carbocycles. The summed E-state index contributed by atoms with van der Waals surface area (Å²) >= 11 is 0. The highest BCUT2D eigenvalue weighted by molar-refractivity contribution is 5.83. The molecule has 6 nitrogen and oxygen atoms in total. The van der Waals surface area contributed by atoms with Crippen LogP contribution in [0.2, 0.25) is 0 Å². The van der Waals surface area contributed by atoms with Gasteiger partial charge in [-0.1, -0.05) is 6.92 Å². The highest BCUT2D eigenvalue weighted by atomic mass is 19.4. The molecule has 2 rings (SSSR count). The Kier molecular flexibility index (Phi) is 5.71. The number of likely N-dealkylation sites (tertiary alicyclic amines) is 1. The van der Waals surface area contributed by atoms with E-state index in [1.807, 2.05) is 0 Å². The number of piperazine rings is 1. The summed E-state index contributed by atoms with van der Waals surface area (Å²) in [6.07, 6.45) is -3.94. The summed E-state index contributed by atoms with van der Waals surface area (Å²) in [6.45, 7) is 3.56. The Balaban J connectivity index is 1.81. The first kappa shape index (κ1) is 18.5. The van der Waals surface area contributed by atoms with E-state index in [-0.39, 0.29) is 43.7 Å². The van der Waals surface area contributed by atoms with Crippen LogP contribution < -0.4 is 0 Å². The van der Waals surface area contributed by atoms with Gasteiger partial charge in [0.2, 0.25) is 11.8 Å². The number of rotatable bonds is 2. The summed E-state index contributed by atoms with van der Waals surface area (Å²) < 4.78 is 37.2. The number of hydrogen-bond acceptors (Lipinski definition) is 3. The zero-order valence-corrected chi connectivity index (χ0v) is 13.6. The highest BCUT2D eigenvalue weighted by Gasteiger charge is 2.44. The molecule has 0 aromatic heterocycles. The van der Waals surface area contributed by atoms with Crippen LogP contribution >= 0.6 is 0 Å². The lowest BCUT2D eigenvalue weighted by molar-refractivity contribution is -0.187. The van der Waals surface area contributed by atoms with Crippen LogP contribution in [-0.4, -0.2) is 77.9 Å². The van der Waals surface area contributed by atoms with Crippen LogP contribution in [0.15, 0.2) is 0 Å². The molecule has 0 N–H and O–H groups in total. The molecule has 0 bridgehead atoms. The molecule has 9 heteroatoms. The fourth-order valence-electron chi connectivity index (χ4n) is 3.17. The quantitative estimate of drug-likeness (QED) is 0.743. The maximum atomic E-state index is 12.5. The topological polar surface area (TPSA) is 60.9 Å². The predicted molar refractivity (Wildman–Crippen MR) is 78.8 cm³/mol. The monoisotopic (exact) mass is 349 g/mol. The maximum absolute atomic E-state index is 12.5. The molecule has 0 unspecified atom stereocenters. The molecule has 2 heterocycles. The van der Waals surface area contributed by atoms with Crippen LogP contribution in [0.5, 0.6) is 0 Å². The van der Waals surface area contributed by atoms with Crippen molar-refractivity contribution in [2.45, 2.75) is 32.4 Å². The molecule has 2 fully saturated rings. The summed E-state index contributed by atoms with van der Waals surface area (Å²) in [4.78, 5) is 39.4. The van der Waals surface area contributed by atoms with Crippen LogP contribution in [0.4, 0.5) is 13.2 Å². The van der Waals surface area contributed by atoms with E-state index in [1.165, 1.54) is 0 Å². The number of nitrogens with zero attached hydrogens (tertiary/aromatic N) is 3. The summed E-state index contributed by atoms with van der Waals surface area (Å²) in [5.41, 5.74) is 0. The van der Waals surface area contributed by atoms with Gasteiger partial charge in [-0.15, -0.1) is 0 Å². The van der Waals surface area contributed by atoms with E-state index in [0.717, 1.165) is 4.90 Å². The van der Waals surface area contributed by atoms with Crippen LogP contribution in [0.3, 0.4) is 0 Å². The van der Waals surface area contributed by atoms with Crippen molar-refractivity contribution in [1.82, 2.24) is 14.7 Å². The number of alkyl halides is 3. The van der Waals surface area contributed by atoms with Crippen molar-refractivity contribution in [3.63, 3.8) is 0 Å². The minimum absolute atomic E-state index is 0.0525. The highest BCUT2D eigenvalue weighted by Crippen LogP contribution is 2.25. The van der Waals surface area contributed by atoms with Crippen LogP contribution in [0.1, 0.15) is 26.2 Å². The fraction of sp³-hybridized carbons (Fsp3) is 0.800. The molecule has 0 spiro atoms. The second-order valence-corrected chi connectivity index (χ2v) is 6.12. The number of carbonyl (C=O) groups excluding carboxylic acids is 3. The molecule has 3 amide bonds. The number of halogens is 3. The van der Waals surface area contributed by atoms with Gasteiger partial charge in [-0.3, -0.25) is 14.4 Å². The zero-order valence-electron chi connectivity index (χ0n) is 13.6. The van der Waals surface area contributed by atoms with Gasteiger partial charge in [0.05, 0.1) is 0 Å². The fourth-order valence-corrected chi connectivity index (χ4v) is 3.17. The van der Waals surface area contributed by atoms with Gasteiger partial charge >= 0.3 is 12.1 Å². The number of hydrogen-bond donors (Lipinski definition) is 0. The first-order valence-corrected chi connectivity index (χ1v) is 8.16. The summed E-state index contributed by atoms with van der Waals surface area (Å²) in [5.74, 6) is -2.21. The minimum Gasteiger partial charge on any atom is -0.339 e. The Morgan fingerprint density at radius 3 is 1.83 bits per heavy atom. The van der Waals surface area contributed by atoms with Gasteiger partial charge in [0.25, 0.3) is 0 Å². The lowest BCUT2D eigenvalue weighted by atomic mass is 9.95. The Labute approximate surface area is 138 Å². The van der Waals surface area contributed by atoms with Crippen molar-refractivity contribution in [2.24, 2.45) is 5.92 Å². The lowest BCUT2D eigenvalue weighted by Crippen LogP contribution is -2.53. The largest absolute Gasteiger partial charge is 0.471 e. The molecule has 24 heavy (non-hydrogen) atoms. The van der Waals surface area contributed by atoms with Gasteiger partial charge in [0, 0.05) is 51.6 Å². The predicted octanol–water partition coefficient (Wildman–Crippen LogP) is 0.868. The van der Waals surface area contributed by atoms with Crippen molar-refractivity contribution in [3.8, 4) is 0 Å². The number of piperidine rings is 1. The normalized spacial score (nSPS) is 20.2. The molecule has 0 radical (unpaired) electrons. The Morgan fingerprint density at radius 2 is 1.38 bits per heavy atom. The number of amides is 3. The third-order valence-electron chi connectivity index (χ3n) is 4.62. The second-order valence-electron chi connectivity index (χ2n) is 6.12. The molecule has 0 aromatic carbocycles. The van der Waals surface area contributed by atoms with Gasteiger partial charge in [-0.25, -0.2) is 0 Å². The molecule has 2 aliphatic rings. The number of carbonyl (C=O) groups is 3. The third-order valence-corrected chi connectivity index (χ3v) is 4.62. The summed E-state index contributed by atoms with van der Waals surface area (Å²) in [6, 6.07) is 0. The summed E-state index contributed by atoms with van der Waals surface area (Å²) in [7, 11) is 0. The Bertz CT molecular complexity index is 494. The SMILES string of the molecule is CCC(=O)N1CCN(C(=O)C2CCN(C(=O)C(F)(F)F)CC2)CC1. The standard InChI is InChI=1S/C15H22F3N3O3/c1-2-12(22)19-7-9-20(10-8-19)13(23)11-3-5-21(6-4-11)14(24)15(16,17)18/h11H,2-10H2,1H3. The first-order chi connectivity index (χ1) is 11.2. The van der Waals surface area contributed by atoms with Gasteiger partial charge in [-0.05, 0) is 12.8 Å². The van der Waals surface area contributed by atoms with Crippen LogP contribution in [0.25, 0.3) is 0 Å². The van der Waals surface area contributed by atoms with E-state index in [2.05, 4.69) is 0 Å². The van der Waals surface area contributed by atoms with Crippen molar-refractivity contribution >= 4 is 17.7 Å². The minimum atomic E-state index is -4.86. The van der Waals surface area contributed by atoms with Gasteiger partial charge < -0.3 is 14.7 Å². The smallest absolute Gasteiger partial charge is 0.339 e. The van der Waals surface area contributed by atoms with Crippen molar-refractivity contribution in [1.29, 1.82) is 0 Å². The molecule has 0 aromatic rings. The van der Waals surface area contributed by atoms with Crippen LogP contribution in [-0.2, 0) is 14.4 Å². The van der Waals surface area contributed by atoms with Crippen molar-refractivity contribution in [2.75, 3.05) is 39.3 Å². The zero-order chi connectivity index (χ0) is 17.9. The van der Waals surface area contributed by atoms with E-state index in [0.29, 0.717) is 32.6 Å². The molecule has 0 saturated carbocycles. The van der Waals surface area contributed by atoms with E-state index in [9.17, 15) is 27.6 Å². The lowest BCUT2D eigenvalue weighted by Gasteiger charge is -2.38. The van der Waals surface area contributed by atoms with Gasteiger partial charge in [0.1, 0.15) is 0 Å². The third kappa shape index (κ3) is 4.18. The summed E-state index contributed by atoms with van der Waals surface area (Å²) in [5, 5.41) is 0. The van der Waals surface area contributed by atoms with E-state index >= 15 is 0 Å². The second kappa shape index (κ2) is 7.40. The first-order valence-electron chi connectivity index (χ1n) is 8.16. The molecular formula is C15H22F3N3O3. The molecular weight excluding hydrogens is 327 g/mol.